The third-order valence-corrected chi connectivity index (χ3v) is 3.13. The molecule has 0 bridgehead atoms. The van der Waals surface area contributed by atoms with Gasteiger partial charge in [-0.3, -0.25) is 4.79 Å². The summed E-state index contributed by atoms with van der Waals surface area (Å²) < 4.78 is 13.0. The summed E-state index contributed by atoms with van der Waals surface area (Å²) in [5, 5.41) is 9.89. The average molecular weight is 273 g/mol. The highest BCUT2D eigenvalue weighted by molar-refractivity contribution is 5.97. The van der Waals surface area contributed by atoms with E-state index in [0.717, 1.165) is 11.4 Å². The number of hydrogen-bond donors (Lipinski definition) is 1. The van der Waals surface area contributed by atoms with Gasteiger partial charge in [-0.15, -0.1) is 0 Å². The minimum Gasteiger partial charge on any atom is -0.507 e. The van der Waals surface area contributed by atoms with Crippen molar-refractivity contribution < 1.29 is 14.3 Å². The molecular formula is C16H16FNO2. The van der Waals surface area contributed by atoms with Crippen LogP contribution in [0.1, 0.15) is 24.2 Å². The van der Waals surface area contributed by atoms with Gasteiger partial charge in [0.2, 0.25) is 0 Å². The van der Waals surface area contributed by atoms with Crippen LogP contribution < -0.4 is 4.90 Å². The first-order valence-corrected chi connectivity index (χ1v) is 6.40. The number of aromatic hydroxyl groups is 1. The largest absolute Gasteiger partial charge is 0.507 e. The summed E-state index contributed by atoms with van der Waals surface area (Å²) in [4.78, 5) is 13.2. The maximum atomic E-state index is 13.0. The minimum absolute atomic E-state index is 0.0458. The van der Waals surface area contributed by atoms with E-state index in [9.17, 15) is 14.3 Å². The van der Waals surface area contributed by atoms with Crippen LogP contribution in [-0.2, 0) is 0 Å². The molecule has 2 aromatic carbocycles. The summed E-state index contributed by atoms with van der Waals surface area (Å²) in [6.45, 7) is 4.02. The molecule has 4 heteroatoms. The van der Waals surface area contributed by atoms with Crippen molar-refractivity contribution in [2.45, 2.75) is 13.8 Å². The zero-order valence-electron chi connectivity index (χ0n) is 11.4. The number of carbonyl (C=O) groups is 1. The lowest BCUT2D eigenvalue weighted by Crippen LogP contribution is -2.16. The molecule has 0 amide bonds. The number of ketones is 1. The number of rotatable bonds is 4. The maximum Gasteiger partial charge on any atom is 0.163 e. The molecule has 0 spiro atoms. The summed E-state index contributed by atoms with van der Waals surface area (Å²) in [5.74, 6) is -0.519. The number of Topliss-reactive ketones (excluding diaryl/α,β-unsaturated/α-hetero) is 1. The summed E-state index contributed by atoms with van der Waals surface area (Å²) >= 11 is 0. The molecule has 0 aliphatic carbocycles. The van der Waals surface area contributed by atoms with Gasteiger partial charge in [-0.25, -0.2) is 4.39 Å². The Kier molecular flexibility index (Phi) is 4.03. The lowest BCUT2D eigenvalue weighted by Gasteiger charge is -2.23. The highest BCUT2D eigenvalue weighted by Gasteiger charge is 2.12. The van der Waals surface area contributed by atoms with Crippen molar-refractivity contribution >= 4 is 17.2 Å². The minimum atomic E-state index is -0.292. The van der Waals surface area contributed by atoms with Gasteiger partial charge in [0, 0.05) is 24.0 Å². The van der Waals surface area contributed by atoms with Crippen molar-refractivity contribution in [1.82, 2.24) is 0 Å². The predicted octanol–water partition coefficient (Wildman–Crippen LogP) is 3.89. The number of benzene rings is 2. The van der Waals surface area contributed by atoms with Crippen LogP contribution in [0, 0.1) is 5.82 Å². The fourth-order valence-electron chi connectivity index (χ4n) is 2.12. The van der Waals surface area contributed by atoms with Crippen LogP contribution in [0.3, 0.4) is 0 Å². The molecule has 0 heterocycles. The second-order valence-electron chi connectivity index (χ2n) is 4.48. The Morgan fingerprint density at radius 2 is 1.75 bits per heavy atom. The van der Waals surface area contributed by atoms with Gasteiger partial charge in [-0.2, -0.15) is 0 Å². The second-order valence-corrected chi connectivity index (χ2v) is 4.48. The molecule has 0 aliphatic rings. The lowest BCUT2D eigenvalue weighted by molar-refractivity contribution is 0.101. The van der Waals surface area contributed by atoms with Crippen LogP contribution in [0.15, 0.2) is 42.5 Å². The van der Waals surface area contributed by atoms with E-state index in [-0.39, 0.29) is 17.3 Å². The van der Waals surface area contributed by atoms with Crippen molar-refractivity contribution in [1.29, 1.82) is 0 Å². The Bertz CT molecular complexity index is 623. The summed E-state index contributed by atoms with van der Waals surface area (Å²) in [6.07, 6.45) is 0. The normalized spacial score (nSPS) is 10.3. The standard InChI is InChI=1S/C16H16FNO2/c1-3-18(13-6-4-12(17)5-7-13)14-8-9-15(11(2)19)16(20)10-14/h4-10,20H,3H2,1-2H3. The van der Waals surface area contributed by atoms with E-state index >= 15 is 0 Å². The van der Waals surface area contributed by atoms with Crippen LogP contribution in [0.25, 0.3) is 0 Å². The van der Waals surface area contributed by atoms with Crippen LogP contribution in [0.4, 0.5) is 15.8 Å². The van der Waals surface area contributed by atoms with Crippen LogP contribution in [-0.4, -0.2) is 17.4 Å². The topological polar surface area (TPSA) is 40.5 Å². The SMILES string of the molecule is CCN(c1ccc(F)cc1)c1ccc(C(C)=O)c(O)c1. The Morgan fingerprint density at radius 3 is 2.25 bits per heavy atom. The number of nitrogens with zero attached hydrogens (tertiary/aromatic N) is 1. The molecule has 0 saturated heterocycles. The number of carbonyl (C=O) groups excluding carboxylic acids is 1. The number of halogens is 1. The van der Waals surface area contributed by atoms with E-state index in [1.54, 1.807) is 30.3 Å². The fraction of sp³-hybridized carbons (Fsp3) is 0.188. The molecule has 0 unspecified atom stereocenters. The average Bonchev–Trinajstić information content (AvgIpc) is 2.41. The number of phenols is 1. The van der Waals surface area contributed by atoms with E-state index in [2.05, 4.69) is 0 Å². The summed E-state index contributed by atoms with van der Waals surface area (Å²) in [7, 11) is 0. The van der Waals surface area contributed by atoms with Crippen LogP contribution >= 0.6 is 0 Å². The molecule has 0 fully saturated rings. The number of anilines is 2. The fourth-order valence-corrected chi connectivity index (χ4v) is 2.12. The number of phenolic OH excluding ortho intramolecular Hbond substituents is 1. The van der Waals surface area contributed by atoms with Gasteiger partial charge in [0.15, 0.2) is 5.78 Å². The van der Waals surface area contributed by atoms with Gasteiger partial charge in [0.1, 0.15) is 11.6 Å². The first kappa shape index (κ1) is 14.1. The highest BCUT2D eigenvalue weighted by Crippen LogP contribution is 2.30. The van der Waals surface area contributed by atoms with Crippen molar-refractivity contribution in [2.24, 2.45) is 0 Å². The zero-order valence-corrected chi connectivity index (χ0v) is 11.4. The maximum absolute atomic E-state index is 13.0. The van der Waals surface area contributed by atoms with Gasteiger partial charge >= 0.3 is 0 Å². The second kappa shape index (κ2) is 5.74. The Balaban J connectivity index is 2.39. The summed E-state index contributed by atoms with van der Waals surface area (Å²) in [5.41, 5.74) is 1.87. The molecule has 0 saturated carbocycles. The van der Waals surface area contributed by atoms with Crippen LogP contribution in [0.5, 0.6) is 5.75 Å². The molecule has 0 aromatic heterocycles. The van der Waals surface area contributed by atoms with E-state index in [1.165, 1.54) is 19.1 Å². The Labute approximate surface area is 117 Å². The summed E-state index contributed by atoms with van der Waals surface area (Å²) in [6, 6.07) is 11.0. The first-order chi connectivity index (χ1) is 9.52. The lowest BCUT2D eigenvalue weighted by atomic mass is 10.1. The van der Waals surface area contributed by atoms with Crippen molar-refractivity contribution in [2.75, 3.05) is 11.4 Å². The predicted molar refractivity (Wildman–Crippen MR) is 77.2 cm³/mol. The third-order valence-electron chi connectivity index (χ3n) is 3.13. The molecule has 3 nitrogen and oxygen atoms in total. The number of hydrogen-bond acceptors (Lipinski definition) is 3. The Morgan fingerprint density at radius 1 is 1.15 bits per heavy atom. The van der Waals surface area contributed by atoms with Crippen molar-refractivity contribution in [3.8, 4) is 5.75 Å². The van der Waals surface area contributed by atoms with Gasteiger partial charge in [-0.05, 0) is 50.2 Å². The molecule has 20 heavy (non-hydrogen) atoms. The van der Waals surface area contributed by atoms with Gasteiger partial charge in [0.05, 0.1) is 5.56 Å². The molecule has 0 atom stereocenters. The van der Waals surface area contributed by atoms with Gasteiger partial charge in [0.25, 0.3) is 0 Å². The van der Waals surface area contributed by atoms with Gasteiger partial charge in [-0.1, -0.05) is 0 Å². The van der Waals surface area contributed by atoms with Gasteiger partial charge < -0.3 is 10.0 Å². The monoisotopic (exact) mass is 273 g/mol. The zero-order chi connectivity index (χ0) is 14.7. The van der Waals surface area contributed by atoms with E-state index in [0.29, 0.717) is 12.1 Å². The molecule has 0 aliphatic heterocycles. The quantitative estimate of drug-likeness (QED) is 0.859. The molecule has 2 rings (SSSR count). The molecule has 104 valence electrons. The van der Waals surface area contributed by atoms with Crippen LogP contribution in [0.2, 0.25) is 0 Å². The smallest absolute Gasteiger partial charge is 0.163 e. The molecular weight excluding hydrogens is 257 g/mol. The molecule has 0 radical (unpaired) electrons. The van der Waals surface area contributed by atoms with Crippen molar-refractivity contribution in [3.63, 3.8) is 0 Å². The van der Waals surface area contributed by atoms with Crippen molar-refractivity contribution in [3.05, 3.63) is 53.8 Å². The molecule has 2 aromatic rings. The van der Waals surface area contributed by atoms with E-state index < -0.39 is 0 Å². The third kappa shape index (κ3) is 2.79. The van der Waals surface area contributed by atoms with E-state index in [1.807, 2.05) is 11.8 Å². The van der Waals surface area contributed by atoms with E-state index in [4.69, 9.17) is 0 Å². The molecule has 1 N–H and O–H groups in total. The first-order valence-electron chi connectivity index (χ1n) is 6.40. The Hall–Kier alpha value is -2.36. The highest BCUT2D eigenvalue weighted by atomic mass is 19.1.